The number of nitrogens with one attached hydrogen (secondary N) is 1. The molecule has 0 bridgehead atoms. The SMILES string of the molecule is COC(I)C(CC(C)C)NC(=O)N1CC[C@@H](N2CCN(c3cccc(Cl)c3)CC2)[C@H](OC(=O)c2ccc(Oc3ccccc3)cc2)C1. The Kier molecular flexibility index (Phi) is 12.6. The molecule has 5 rings (SSSR count). The van der Waals surface area contributed by atoms with Gasteiger partial charge in [-0.25, -0.2) is 9.59 Å². The van der Waals surface area contributed by atoms with Gasteiger partial charge in [0.2, 0.25) is 0 Å². The Labute approximate surface area is 296 Å². The first-order chi connectivity index (χ1) is 22.7. The zero-order chi connectivity index (χ0) is 33.3. The maximum Gasteiger partial charge on any atom is 0.338 e. The summed E-state index contributed by atoms with van der Waals surface area (Å²) in [5.41, 5.74) is 1.54. The number of urea groups is 1. The molecule has 0 aromatic heterocycles. The summed E-state index contributed by atoms with van der Waals surface area (Å²) < 4.78 is 17.6. The summed E-state index contributed by atoms with van der Waals surface area (Å²) in [6.07, 6.45) is 0.989. The summed E-state index contributed by atoms with van der Waals surface area (Å²) in [7, 11) is 1.66. The first-order valence-electron chi connectivity index (χ1n) is 16.2. The first kappa shape index (κ1) is 35.3. The van der Waals surface area contributed by atoms with Crippen molar-refractivity contribution in [1.82, 2.24) is 15.1 Å². The zero-order valence-electron chi connectivity index (χ0n) is 27.2. The zero-order valence-corrected chi connectivity index (χ0v) is 30.1. The number of piperidine rings is 1. The number of carbonyl (C=O) groups excluding carboxylic acids is 2. The highest BCUT2D eigenvalue weighted by molar-refractivity contribution is 14.1. The predicted octanol–water partition coefficient (Wildman–Crippen LogP) is 7.09. The van der Waals surface area contributed by atoms with E-state index in [1.165, 1.54) is 0 Å². The molecule has 3 aromatic rings. The number of alkyl halides is 1. The van der Waals surface area contributed by atoms with Gasteiger partial charge in [0, 0.05) is 50.5 Å². The minimum Gasteiger partial charge on any atom is -0.457 e. The molecular formula is C36H44ClIN4O5. The van der Waals surface area contributed by atoms with Crippen LogP contribution in [0.15, 0.2) is 78.9 Å². The van der Waals surface area contributed by atoms with Gasteiger partial charge in [-0.1, -0.05) is 49.7 Å². The molecule has 252 valence electrons. The second-order valence-electron chi connectivity index (χ2n) is 12.5. The smallest absolute Gasteiger partial charge is 0.338 e. The van der Waals surface area contributed by atoms with Crippen LogP contribution in [0.4, 0.5) is 10.5 Å². The third-order valence-corrected chi connectivity index (χ3v) is 10.3. The van der Waals surface area contributed by atoms with Crippen molar-refractivity contribution >= 4 is 51.9 Å². The number of piperazine rings is 1. The van der Waals surface area contributed by atoms with E-state index in [-0.39, 0.29) is 22.2 Å². The Morgan fingerprint density at radius 1 is 0.936 bits per heavy atom. The van der Waals surface area contributed by atoms with Crippen molar-refractivity contribution in [3.8, 4) is 11.5 Å². The van der Waals surface area contributed by atoms with Crippen LogP contribution in [0.3, 0.4) is 0 Å². The molecule has 0 radical (unpaired) electrons. The fourth-order valence-electron chi connectivity index (χ4n) is 6.25. The summed E-state index contributed by atoms with van der Waals surface area (Å²) in [5, 5.41) is 3.91. The number of methoxy groups -OCH3 is 1. The van der Waals surface area contributed by atoms with Crippen LogP contribution >= 0.6 is 34.2 Å². The summed E-state index contributed by atoms with van der Waals surface area (Å²) >= 11 is 8.49. The Hall–Kier alpha value is -3.06. The fourth-order valence-corrected chi connectivity index (χ4v) is 6.91. The number of esters is 1. The number of nitrogens with zero attached hydrogens (tertiary/aromatic N) is 3. The normalized spacial score (nSPS) is 20.0. The summed E-state index contributed by atoms with van der Waals surface area (Å²) in [6.45, 7) is 8.41. The van der Waals surface area contributed by atoms with Crippen LogP contribution in [-0.4, -0.2) is 90.5 Å². The molecule has 2 fully saturated rings. The molecular weight excluding hydrogens is 731 g/mol. The molecule has 3 aromatic carbocycles. The Morgan fingerprint density at radius 3 is 2.30 bits per heavy atom. The van der Waals surface area contributed by atoms with Gasteiger partial charge in [0.15, 0.2) is 0 Å². The first-order valence-corrected chi connectivity index (χ1v) is 17.8. The molecule has 2 aliphatic rings. The average Bonchev–Trinajstić information content (AvgIpc) is 3.08. The molecule has 0 aliphatic carbocycles. The second-order valence-corrected chi connectivity index (χ2v) is 14.1. The van der Waals surface area contributed by atoms with Crippen LogP contribution < -0.4 is 15.0 Å². The van der Waals surface area contributed by atoms with Gasteiger partial charge in [0.25, 0.3) is 0 Å². The largest absolute Gasteiger partial charge is 0.457 e. The van der Waals surface area contributed by atoms with Crippen molar-refractivity contribution in [2.75, 3.05) is 51.3 Å². The second kappa shape index (κ2) is 16.9. The predicted molar refractivity (Wildman–Crippen MR) is 194 cm³/mol. The number of ether oxygens (including phenoxy) is 3. The van der Waals surface area contributed by atoms with Crippen LogP contribution in [0.1, 0.15) is 37.0 Å². The van der Waals surface area contributed by atoms with Gasteiger partial charge in [-0.2, -0.15) is 0 Å². The highest BCUT2D eigenvalue weighted by atomic mass is 127. The summed E-state index contributed by atoms with van der Waals surface area (Å²) in [5.74, 6) is 1.32. The van der Waals surface area contributed by atoms with Gasteiger partial charge >= 0.3 is 12.0 Å². The number of hydrogen-bond acceptors (Lipinski definition) is 7. The molecule has 0 spiro atoms. The van der Waals surface area contributed by atoms with Gasteiger partial charge in [0.05, 0.1) is 24.2 Å². The van der Waals surface area contributed by atoms with E-state index in [1.807, 2.05) is 48.5 Å². The maximum absolute atomic E-state index is 13.6. The maximum atomic E-state index is 13.6. The van der Waals surface area contributed by atoms with Crippen molar-refractivity contribution < 1.29 is 23.8 Å². The fraction of sp³-hybridized carbons (Fsp3) is 0.444. The number of amides is 2. The van der Waals surface area contributed by atoms with Crippen LogP contribution in [0.25, 0.3) is 0 Å². The average molecular weight is 775 g/mol. The van der Waals surface area contributed by atoms with E-state index in [2.05, 4.69) is 57.6 Å². The number of likely N-dealkylation sites (tertiary alicyclic amines) is 1. The lowest BCUT2D eigenvalue weighted by Gasteiger charge is -2.46. The number of rotatable bonds is 11. The minimum atomic E-state index is -0.499. The van der Waals surface area contributed by atoms with Crippen LogP contribution in [-0.2, 0) is 9.47 Å². The number of anilines is 1. The summed E-state index contributed by atoms with van der Waals surface area (Å²) in [6, 6.07) is 24.1. The number of para-hydroxylation sites is 1. The van der Waals surface area contributed by atoms with Gasteiger partial charge in [-0.15, -0.1) is 0 Å². The number of hydrogen-bond donors (Lipinski definition) is 1. The van der Waals surface area contributed by atoms with Crippen molar-refractivity contribution in [2.45, 2.75) is 49.0 Å². The molecule has 2 unspecified atom stereocenters. The third-order valence-electron chi connectivity index (χ3n) is 8.67. The highest BCUT2D eigenvalue weighted by Crippen LogP contribution is 2.27. The van der Waals surface area contributed by atoms with Gasteiger partial charge in [-0.05, 0) is 95.9 Å². The highest BCUT2D eigenvalue weighted by Gasteiger charge is 2.39. The van der Waals surface area contributed by atoms with E-state index in [0.29, 0.717) is 36.7 Å². The summed E-state index contributed by atoms with van der Waals surface area (Å²) in [4.78, 5) is 33.6. The molecule has 11 heteroatoms. The van der Waals surface area contributed by atoms with E-state index < -0.39 is 12.1 Å². The lowest BCUT2D eigenvalue weighted by Crippen LogP contribution is -2.62. The van der Waals surface area contributed by atoms with Gasteiger partial charge in [-0.3, -0.25) is 4.90 Å². The molecule has 2 heterocycles. The topological polar surface area (TPSA) is 83.6 Å². The Balaban J connectivity index is 1.28. The van der Waals surface area contributed by atoms with E-state index in [0.717, 1.165) is 49.1 Å². The number of carbonyl (C=O) groups is 2. The monoisotopic (exact) mass is 774 g/mol. The molecule has 1 N–H and O–H groups in total. The molecule has 0 saturated carbocycles. The molecule has 2 saturated heterocycles. The van der Waals surface area contributed by atoms with E-state index in [9.17, 15) is 9.59 Å². The van der Waals surface area contributed by atoms with Crippen LogP contribution in [0, 0.1) is 5.92 Å². The minimum absolute atomic E-state index is 0.0204. The van der Waals surface area contributed by atoms with Crippen LogP contribution in [0.2, 0.25) is 5.02 Å². The van der Waals surface area contributed by atoms with E-state index in [4.69, 9.17) is 25.8 Å². The Bertz CT molecular complexity index is 1460. The Morgan fingerprint density at radius 2 is 1.64 bits per heavy atom. The standard InChI is InChI=1S/C36H44ClIN4O5/c1-25(2)22-31(34(38)45-3)39-36(44)42-17-16-32(41-20-18-40(19-21-41)28-9-7-8-27(37)23-28)33(24-42)47-35(43)26-12-14-30(15-13-26)46-29-10-5-4-6-11-29/h4-15,23,25,31-34H,16-22,24H2,1-3H3,(H,39,44)/t31?,32-,33-,34?/m1/s1. The number of halogens is 2. The molecule has 9 nitrogen and oxygen atoms in total. The quantitative estimate of drug-likeness (QED) is 0.127. The van der Waals surface area contributed by atoms with Gasteiger partial charge in [0.1, 0.15) is 21.7 Å². The van der Waals surface area contributed by atoms with Crippen molar-refractivity contribution in [1.29, 1.82) is 0 Å². The van der Waals surface area contributed by atoms with Crippen molar-refractivity contribution in [3.63, 3.8) is 0 Å². The van der Waals surface area contributed by atoms with Crippen molar-refractivity contribution in [2.24, 2.45) is 5.92 Å². The van der Waals surface area contributed by atoms with Crippen molar-refractivity contribution in [3.05, 3.63) is 89.4 Å². The van der Waals surface area contributed by atoms with Crippen LogP contribution in [0.5, 0.6) is 11.5 Å². The number of benzene rings is 3. The third kappa shape index (κ3) is 9.74. The van der Waals surface area contributed by atoms with Gasteiger partial charge < -0.3 is 29.3 Å². The molecule has 4 atom stereocenters. The molecule has 2 aliphatic heterocycles. The lowest BCUT2D eigenvalue weighted by molar-refractivity contribution is -0.0315. The van der Waals surface area contributed by atoms with E-state index >= 15 is 0 Å². The van der Waals surface area contributed by atoms with E-state index in [1.54, 1.807) is 36.3 Å². The molecule has 2 amide bonds. The lowest BCUT2D eigenvalue weighted by atomic mass is 9.98. The molecule has 47 heavy (non-hydrogen) atoms.